The van der Waals surface area contributed by atoms with Gasteiger partial charge in [0.15, 0.2) is 5.78 Å². The first-order valence-corrected chi connectivity index (χ1v) is 12.2. The number of aliphatic hydroxyl groups excluding tert-OH is 1. The van der Waals surface area contributed by atoms with Gasteiger partial charge in [0.25, 0.3) is 0 Å². The second-order valence-corrected chi connectivity index (χ2v) is 9.91. The highest BCUT2D eigenvalue weighted by Gasteiger charge is 2.39. The molecule has 0 spiro atoms. The minimum absolute atomic E-state index is 0.137. The maximum atomic E-state index is 13.1. The van der Waals surface area contributed by atoms with Crippen molar-refractivity contribution in [3.63, 3.8) is 0 Å². The molecule has 0 aromatic heterocycles. The standard InChI is InChI=1S/C29H28N4O2/c1-6-17-14(3)22-10-26-19(12-34)15(4)21(32-26)9-20-13(2)7-24(30-20)18-8-27(35)28-16(5)23(33-29(18)28)11-25(17)31-22/h9-13,30,34H,6-8H2,1-5H3/b19-12-,20-9?,22-10?,23-11?,24-18?. The maximum absolute atomic E-state index is 13.1. The highest BCUT2D eigenvalue weighted by Crippen LogP contribution is 2.42. The molecule has 6 aliphatic rings. The summed E-state index contributed by atoms with van der Waals surface area (Å²) in [5.41, 5.74) is 13.6. The highest BCUT2D eigenvalue weighted by atomic mass is 16.2. The molecule has 0 aromatic carbocycles. The predicted molar refractivity (Wildman–Crippen MR) is 139 cm³/mol. The number of nitrogens with zero attached hydrogens (tertiary/aromatic N) is 3. The summed E-state index contributed by atoms with van der Waals surface area (Å²) in [4.78, 5) is 27.9. The monoisotopic (exact) mass is 464 g/mol. The van der Waals surface area contributed by atoms with Gasteiger partial charge in [-0.15, -0.1) is 0 Å². The van der Waals surface area contributed by atoms with E-state index in [0.717, 1.165) is 92.5 Å². The van der Waals surface area contributed by atoms with Crippen molar-refractivity contribution in [2.75, 3.05) is 0 Å². The summed E-state index contributed by atoms with van der Waals surface area (Å²) in [6.07, 6.45) is 9.22. The van der Waals surface area contributed by atoms with Crippen LogP contribution in [0.5, 0.6) is 0 Å². The quantitative estimate of drug-likeness (QED) is 0.493. The van der Waals surface area contributed by atoms with Crippen molar-refractivity contribution in [2.45, 2.75) is 53.9 Å². The minimum Gasteiger partial charge on any atom is -0.515 e. The fourth-order valence-corrected chi connectivity index (χ4v) is 5.75. The molecule has 1 saturated heterocycles. The van der Waals surface area contributed by atoms with Gasteiger partial charge < -0.3 is 10.4 Å². The van der Waals surface area contributed by atoms with Gasteiger partial charge in [-0.05, 0) is 74.1 Å². The lowest BCUT2D eigenvalue weighted by atomic mass is 9.99. The fourth-order valence-electron chi connectivity index (χ4n) is 5.75. The summed E-state index contributed by atoms with van der Waals surface area (Å²) in [6, 6.07) is 0. The molecule has 2 fully saturated rings. The number of hydrogen-bond acceptors (Lipinski definition) is 6. The summed E-state index contributed by atoms with van der Waals surface area (Å²) in [5.74, 6) is 0.394. The van der Waals surface area contributed by atoms with Crippen LogP contribution in [0.4, 0.5) is 0 Å². The lowest BCUT2D eigenvalue weighted by molar-refractivity contribution is -0.114. The molecule has 6 rings (SSSR count). The first kappa shape index (κ1) is 21.7. The number of carbonyl (C=O) groups is 1. The fraction of sp³-hybridized carbons (Fsp3) is 0.310. The van der Waals surface area contributed by atoms with Crippen LogP contribution in [0, 0.1) is 5.92 Å². The zero-order chi connectivity index (χ0) is 24.6. The Morgan fingerprint density at radius 3 is 2.51 bits per heavy atom. The van der Waals surface area contributed by atoms with Crippen LogP contribution in [0.1, 0.15) is 53.9 Å². The van der Waals surface area contributed by atoms with Crippen molar-refractivity contribution in [1.29, 1.82) is 0 Å². The third-order valence-corrected chi connectivity index (χ3v) is 7.84. The first-order valence-electron chi connectivity index (χ1n) is 12.2. The molecule has 6 nitrogen and oxygen atoms in total. The van der Waals surface area contributed by atoms with Crippen molar-refractivity contribution < 1.29 is 9.90 Å². The Morgan fingerprint density at radius 1 is 1.03 bits per heavy atom. The van der Waals surface area contributed by atoms with E-state index in [1.807, 2.05) is 26.0 Å². The molecular weight excluding hydrogens is 436 g/mol. The second-order valence-electron chi connectivity index (χ2n) is 9.91. The SMILES string of the molecule is CCC1=C(C)C2=CC3=NC(=C(C)/C3=C/O)C=C3NC(=C4CC(=O)C5=C(C)C(=CC1=N2)N=C45)CC3C. The van der Waals surface area contributed by atoms with Gasteiger partial charge in [-0.2, -0.15) is 0 Å². The Hall–Kier alpha value is -3.80. The minimum atomic E-state index is 0.137. The van der Waals surface area contributed by atoms with Crippen LogP contribution in [0.25, 0.3) is 0 Å². The summed E-state index contributed by atoms with van der Waals surface area (Å²) >= 11 is 0. The normalized spacial score (nSPS) is 26.5. The average Bonchev–Trinajstić information content (AvgIpc) is 3.58. The molecule has 1 unspecified atom stereocenters. The Balaban J connectivity index is 1.63. The molecule has 1 atom stereocenters. The van der Waals surface area contributed by atoms with Gasteiger partial charge in [-0.3, -0.25) is 4.79 Å². The van der Waals surface area contributed by atoms with E-state index in [0.29, 0.717) is 17.7 Å². The number of nitrogens with one attached hydrogen (secondary N) is 1. The van der Waals surface area contributed by atoms with Gasteiger partial charge in [0.1, 0.15) is 0 Å². The molecule has 0 radical (unpaired) electrons. The smallest absolute Gasteiger partial charge is 0.169 e. The summed E-state index contributed by atoms with van der Waals surface area (Å²) in [5, 5.41) is 13.6. The Kier molecular flexibility index (Phi) is 4.72. The number of aliphatic imine (C=N–C) groups is 3. The number of allylic oxidation sites excluding steroid dienone is 12. The number of fused-ring (bicyclic) bond motifs is 5. The molecule has 8 bridgehead atoms. The Morgan fingerprint density at radius 2 is 1.77 bits per heavy atom. The molecule has 176 valence electrons. The van der Waals surface area contributed by atoms with Crippen molar-refractivity contribution in [2.24, 2.45) is 20.9 Å². The van der Waals surface area contributed by atoms with Crippen molar-refractivity contribution in [3.05, 3.63) is 92.0 Å². The largest absolute Gasteiger partial charge is 0.515 e. The third-order valence-electron chi connectivity index (χ3n) is 7.84. The van der Waals surface area contributed by atoms with Crippen LogP contribution in [0.15, 0.2) is 107 Å². The van der Waals surface area contributed by atoms with Crippen LogP contribution in [-0.2, 0) is 4.79 Å². The zero-order valence-electron chi connectivity index (χ0n) is 20.7. The molecular formula is C29H28N4O2. The summed E-state index contributed by atoms with van der Waals surface area (Å²) in [7, 11) is 0. The van der Waals surface area contributed by atoms with Crippen LogP contribution in [0.2, 0.25) is 0 Å². The number of hydrogen-bond donors (Lipinski definition) is 2. The number of carbonyl (C=O) groups excluding carboxylic acids is 1. The van der Waals surface area contributed by atoms with E-state index in [4.69, 9.17) is 15.0 Å². The van der Waals surface area contributed by atoms with E-state index in [1.165, 1.54) is 0 Å². The molecule has 35 heavy (non-hydrogen) atoms. The molecule has 1 saturated carbocycles. The first-order chi connectivity index (χ1) is 16.8. The van der Waals surface area contributed by atoms with Crippen LogP contribution >= 0.6 is 0 Å². The molecule has 0 aromatic rings. The lowest BCUT2D eigenvalue weighted by Crippen LogP contribution is -2.09. The Bertz CT molecular complexity index is 1490. The summed E-state index contributed by atoms with van der Waals surface area (Å²) in [6.45, 7) is 10.3. The number of rotatable bonds is 1. The van der Waals surface area contributed by atoms with Crippen molar-refractivity contribution in [3.8, 4) is 0 Å². The number of Topliss-reactive ketones (excluding diaryl/α,β-unsaturated/α-hetero) is 1. The van der Waals surface area contributed by atoms with Gasteiger partial charge in [0.2, 0.25) is 0 Å². The summed E-state index contributed by atoms with van der Waals surface area (Å²) < 4.78 is 0. The van der Waals surface area contributed by atoms with Crippen molar-refractivity contribution in [1.82, 2.24) is 5.32 Å². The van der Waals surface area contributed by atoms with Gasteiger partial charge >= 0.3 is 0 Å². The number of ketones is 1. The van der Waals surface area contributed by atoms with E-state index in [-0.39, 0.29) is 11.7 Å². The van der Waals surface area contributed by atoms with E-state index >= 15 is 0 Å². The zero-order valence-corrected chi connectivity index (χ0v) is 20.7. The van der Waals surface area contributed by atoms with Gasteiger partial charge in [0, 0.05) is 40.5 Å². The highest BCUT2D eigenvalue weighted by molar-refractivity contribution is 6.38. The second kappa shape index (κ2) is 7.60. The third kappa shape index (κ3) is 3.09. The van der Waals surface area contributed by atoms with Gasteiger partial charge in [0.05, 0.1) is 40.5 Å². The molecule has 5 aliphatic heterocycles. The molecule has 0 amide bonds. The van der Waals surface area contributed by atoms with E-state index in [9.17, 15) is 9.90 Å². The van der Waals surface area contributed by atoms with E-state index in [1.54, 1.807) is 0 Å². The predicted octanol–water partition coefficient (Wildman–Crippen LogP) is 5.63. The van der Waals surface area contributed by atoms with E-state index in [2.05, 4.69) is 32.2 Å². The molecule has 1 aliphatic carbocycles. The van der Waals surface area contributed by atoms with E-state index < -0.39 is 0 Å². The maximum Gasteiger partial charge on any atom is 0.169 e. The lowest BCUT2D eigenvalue weighted by Gasteiger charge is -2.06. The van der Waals surface area contributed by atoms with Gasteiger partial charge in [-0.1, -0.05) is 13.8 Å². The van der Waals surface area contributed by atoms with Crippen molar-refractivity contribution >= 4 is 22.9 Å². The van der Waals surface area contributed by atoms with Crippen LogP contribution in [0.3, 0.4) is 0 Å². The molecule has 2 N–H and O–H groups in total. The van der Waals surface area contributed by atoms with Gasteiger partial charge in [-0.25, -0.2) is 15.0 Å². The Labute approximate surface area is 205 Å². The van der Waals surface area contributed by atoms with Crippen LogP contribution < -0.4 is 5.32 Å². The molecule has 6 heteroatoms. The van der Waals surface area contributed by atoms with Crippen LogP contribution in [-0.4, -0.2) is 28.0 Å². The topological polar surface area (TPSA) is 86.4 Å². The number of aliphatic hydroxyl groups is 1. The molecule has 5 heterocycles. The average molecular weight is 465 g/mol.